The van der Waals surface area contributed by atoms with E-state index in [2.05, 4.69) is 51.3 Å². The molecule has 2 N–H and O–H groups in total. The molecule has 1 unspecified atom stereocenters. The van der Waals surface area contributed by atoms with Crippen LogP contribution >= 0.6 is 0 Å². The number of nitrogens with zero attached hydrogens (tertiary/aromatic N) is 2. The Morgan fingerprint density at radius 2 is 1.76 bits per heavy atom. The Bertz CT molecular complexity index is 761. The zero-order chi connectivity index (χ0) is 18.4. The summed E-state index contributed by atoms with van der Waals surface area (Å²) >= 11 is 0. The fraction of sp³-hybridized carbons (Fsp3) is 0.318. The normalized spacial score (nSPS) is 12.7. The molecule has 0 bridgehead atoms. The van der Waals surface area contributed by atoms with Crippen molar-refractivity contribution in [2.75, 3.05) is 17.2 Å². The predicted molar refractivity (Wildman–Crippen MR) is 111 cm³/mol. The van der Waals surface area contributed by atoms with Crippen LogP contribution in [0, 0.1) is 12.8 Å². The van der Waals surface area contributed by atoms with Gasteiger partial charge in [0.1, 0.15) is 0 Å². The van der Waals surface area contributed by atoms with Crippen molar-refractivity contribution >= 4 is 22.8 Å². The van der Waals surface area contributed by atoms with Crippen LogP contribution in [0.5, 0.6) is 0 Å². The average Bonchev–Trinajstić information content (AvgIpc) is 2.62. The van der Waals surface area contributed by atoms with E-state index in [9.17, 15) is 0 Å². The predicted octanol–water partition coefficient (Wildman–Crippen LogP) is 5.74. The number of nitrogens with two attached hydrogens (primary N) is 1. The van der Waals surface area contributed by atoms with Gasteiger partial charge in [-0.1, -0.05) is 50.8 Å². The Labute approximate surface area is 151 Å². The molecule has 0 aromatic heterocycles. The molecule has 0 aliphatic heterocycles. The van der Waals surface area contributed by atoms with Crippen LogP contribution in [0.1, 0.15) is 32.8 Å². The largest absolute Gasteiger partial charge is 0.397 e. The van der Waals surface area contributed by atoms with Crippen molar-refractivity contribution < 1.29 is 0 Å². The molecule has 0 aliphatic carbocycles. The van der Waals surface area contributed by atoms with Crippen molar-refractivity contribution in [3.8, 4) is 0 Å². The van der Waals surface area contributed by atoms with E-state index in [4.69, 9.17) is 10.7 Å². The first kappa shape index (κ1) is 18.8. The minimum absolute atomic E-state index is 0.311. The van der Waals surface area contributed by atoms with Crippen molar-refractivity contribution in [2.24, 2.45) is 10.9 Å². The minimum Gasteiger partial charge on any atom is -0.397 e. The third-order valence-electron chi connectivity index (χ3n) is 4.60. The molecule has 132 valence electrons. The lowest BCUT2D eigenvalue weighted by Gasteiger charge is -2.29. The Hall–Kier alpha value is -2.55. The fourth-order valence-electron chi connectivity index (χ4n) is 2.85. The van der Waals surface area contributed by atoms with E-state index < -0.39 is 0 Å². The summed E-state index contributed by atoms with van der Waals surface area (Å²) in [4.78, 5) is 7.14. The van der Waals surface area contributed by atoms with E-state index in [1.807, 2.05) is 36.4 Å². The highest BCUT2D eigenvalue weighted by Gasteiger charge is 2.20. The Morgan fingerprint density at radius 3 is 2.36 bits per heavy atom. The number of nitrogen functional groups attached to an aromatic ring is 1. The number of anilines is 2. The van der Waals surface area contributed by atoms with Crippen LogP contribution in [-0.2, 0) is 0 Å². The van der Waals surface area contributed by atoms with Gasteiger partial charge >= 0.3 is 0 Å². The van der Waals surface area contributed by atoms with Crippen molar-refractivity contribution in [1.82, 2.24) is 0 Å². The maximum absolute atomic E-state index is 6.20. The number of hydrogen-bond donors (Lipinski definition) is 1. The summed E-state index contributed by atoms with van der Waals surface area (Å²) in [6.07, 6.45) is 1.01. The molecule has 2 aromatic rings. The van der Waals surface area contributed by atoms with Gasteiger partial charge in [-0.2, -0.15) is 0 Å². The maximum atomic E-state index is 6.20. The first-order valence-corrected chi connectivity index (χ1v) is 8.95. The van der Waals surface area contributed by atoms with E-state index in [0.717, 1.165) is 41.4 Å². The van der Waals surface area contributed by atoms with Crippen molar-refractivity contribution in [3.63, 3.8) is 0 Å². The topological polar surface area (TPSA) is 41.6 Å². The number of aryl methyl sites for hydroxylation is 1. The van der Waals surface area contributed by atoms with Gasteiger partial charge in [-0.15, -0.1) is 0 Å². The van der Waals surface area contributed by atoms with Gasteiger partial charge < -0.3 is 10.6 Å². The molecule has 1 atom stereocenters. The van der Waals surface area contributed by atoms with E-state index in [0.29, 0.717) is 5.92 Å². The quantitative estimate of drug-likeness (QED) is 0.518. The third-order valence-corrected chi connectivity index (χ3v) is 4.60. The third kappa shape index (κ3) is 4.30. The number of rotatable bonds is 7. The monoisotopic (exact) mass is 335 g/mol. The molecule has 25 heavy (non-hydrogen) atoms. The summed E-state index contributed by atoms with van der Waals surface area (Å²) < 4.78 is 0. The van der Waals surface area contributed by atoms with Gasteiger partial charge in [0, 0.05) is 12.5 Å². The lowest BCUT2D eigenvalue weighted by molar-refractivity contribution is 0.734. The summed E-state index contributed by atoms with van der Waals surface area (Å²) in [6.45, 7) is 13.7. The lowest BCUT2D eigenvalue weighted by atomic mass is 9.98. The lowest BCUT2D eigenvalue weighted by Crippen LogP contribution is -2.30. The molecule has 0 saturated carbocycles. The van der Waals surface area contributed by atoms with Gasteiger partial charge in [-0.05, 0) is 44.0 Å². The molecule has 0 heterocycles. The fourth-order valence-corrected chi connectivity index (χ4v) is 2.85. The molecule has 0 fully saturated rings. The molecule has 0 spiro atoms. The summed E-state index contributed by atoms with van der Waals surface area (Å²) in [5, 5.41) is 0. The van der Waals surface area contributed by atoms with Crippen LogP contribution < -0.4 is 10.6 Å². The van der Waals surface area contributed by atoms with E-state index >= 15 is 0 Å². The van der Waals surface area contributed by atoms with Crippen LogP contribution in [0.15, 0.2) is 65.8 Å². The van der Waals surface area contributed by atoms with Gasteiger partial charge in [0.25, 0.3) is 0 Å². The molecule has 0 radical (unpaired) electrons. The van der Waals surface area contributed by atoms with E-state index in [1.54, 1.807) is 0 Å². The van der Waals surface area contributed by atoms with Crippen LogP contribution in [0.2, 0.25) is 0 Å². The Kier molecular flexibility index (Phi) is 6.40. The molecule has 2 rings (SSSR count). The highest BCUT2D eigenvalue weighted by molar-refractivity contribution is 6.05. The first-order valence-electron chi connectivity index (χ1n) is 8.95. The number of para-hydroxylation sites is 3. The highest BCUT2D eigenvalue weighted by Crippen LogP contribution is 2.29. The zero-order valence-electron chi connectivity index (χ0n) is 15.8. The van der Waals surface area contributed by atoms with Crippen molar-refractivity contribution in [2.45, 2.75) is 34.1 Å². The minimum atomic E-state index is 0.311. The summed E-state index contributed by atoms with van der Waals surface area (Å²) in [5.74, 6) is 0.311. The van der Waals surface area contributed by atoms with Crippen LogP contribution in [-0.4, -0.2) is 12.3 Å². The Morgan fingerprint density at radius 1 is 1.12 bits per heavy atom. The second kappa shape index (κ2) is 8.52. The summed E-state index contributed by atoms with van der Waals surface area (Å²) in [7, 11) is 0. The van der Waals surface area contributed by atoms with Crippen molar-refractivity contribution in [1.29, 1.82) is 0 Å². The van der Waals surface area contributed by atoms with Gasteiger partial charge in [0.15, 0.2) is 0 Å². The SMILES string of the molecule is C=C(C(=Nc1ccccc1C)C(C)CC)N(CC)c1ccccc1N. The smallest absolute Gasteiger partial charge is 0.0669 e. The van der Waals surface area contributed by atoms with Crippen LogP contribution in [0.25, 0.3) is 0 Å². The number of hydrogen-bond acceptors (Lipinski definition) is 3. The molecule has 0 saturated heterocycles. The van der Waals surface area contributed by atoms with E-state index in [-0.39, 0.29) is 0 Å². The molecule has 0 amide bonds. The summed E-state index contributed by atoms with van der Waals surface area (Å²) in [5.41, 5.74) is 12.0. The Balaban J connectivity index is 2.48. The number of aliphatic imine (C=N–C) groups is 1. The molecule has 2 aromatic carbocycles. The van der Waals surface area contributed by atoms with Crippen molar-refractivity contribution in [3.05, 3.63) is 66.4 Å². The summed E-state index contributed by atoms with van der Waals surface area (Å²) in [6, 6.07) is 16.1. The first-order chi connectivity index (χ1) is 12.0. The molecule has 0 aliphatic rings. The highest BCUT2D eigenvalue weighted by atomic mass is 15.2. The maximum Gasteiger partial charge on any atom is 0.0669 e. The van der Waals surface area contributed by atoms with Gasteiger partial charge in [-0.25, -0.2) is 0 Å². The molecule has 3 nitrogen and oxygen atoms in total. The average molecular weight is 335 g/mol. The second-order valence-electron chi connectivity index (χ2n) is 6.34. The van der Waals surface area contributed by atoms with Gasteiger partial charge in [-0.3, -0.25) is 4.99 Å². The number of benzene rings is 2. The molecule has 3 heteroatoms. The van der Waals surface area contributed by atoms with Crippen LogP contribution in [0.3, 0.4) is 0 Å². The van der Waals surface area contributed by atoms with Gasteiger partial charge in [0.2, 0.25) is 0 Å². The zero-order valence-corrected chi connectivity index (χ0v) is 15.8. The molecular formula is C22H29N3. The van der Waals surface area contributed by atoms with Crippen LogP contribution in [0.4, 0.5) is 17.1 Å². The standard InChI is InChI=1S/C22H29N3/c1-6-16(3)22(24-20-14-10-8-12-17(20)4)18(5)25(7-2)21-15-11-9-13-19(21)23/h8-16H,5-7,23H2,1-4H3. The molecular weight excluding hydrogens is 306 g/mol. The second-order valence-corrected chi connectivity index (χ2v) is 6.34. The van der Waals surface area contributed by atoms with E-state index in [1.165, 1.54) is 5.56 Å². The van der Waals surface area contributed by atoms with Gasteiger partial charge in [0.05, 0.1) is 28.5 Å². The number of allylic oxidation sites excluding steroid dienone is 1.